The van der Waals surface area contributed by atoms with Crippen LogP contribution in [0, 0.1) is 6.92 Å². The number of carbonyl (C=O) groups excluding carboxylic acids is 1. The number of rotatable bonds is 7. The summed E-state index contributed by atoms with van der Waals surface area (Å²) in [6, 6.07) is 10.7. The highest BCUT2D eigenvalue weighted by molar-refractivity contribution is 7.97. The first kappa shape index (κ1) is 27.7. The van der Waals surface area contributed by atoms with Gasteiger partial charge in [-0.1, -0.05) is 29.6 Å². The SMILES string of the molecule is CSNC(=O)c1nc(Cl)ccc1NC(C)c1cc(C)cc2c(=O)n(C)c(N3Cc4cn(-c5ccncc5)nc4C3)nc12. The number of hydrogen-bond donors (Lipinski definition) is 2. The van der Waals surface area contributed by atoms with E-state index in [1.165, 1.54) is 11.9 Å². The van der Waals surface area contributed by atoms with Crippen molar-refractivity contribution >= 4 is 52.0 Å². The lowest BCUT2D eigenvalue weighted by atomic mass is 10.0. The molecule has 1 amide bonds. The first-order valence-electron chi connectivity index (χ1n) is 13.2. The quantitative estimate of drug-likeness (QED) is 0.204. The fourth-order valence-electron chi connectivity index (χ4n) is 5.25. The number of nitrogens with one attached hydrogen (secondary N) is 2. The summed E-state index contributed by atoms with van der Waals surface area (Å²) in [4.78, 5) is 41.8. The molecule has 214 valence electrons. The average Bonchev–Trinajstić information content (AvgIpc) is 3.56. The monoisotopic (exact) mass is 601 g/mol. The normalized spacial score (nSPS) is 13.3. The number of aromatic nitrogens is 6. The maximum absolute atomic E-state index is 13.7. The molecular formula is C29H28ClN9O2S. The van der Waals surface area contributed by atoms with Crippen molar-refractivity contribution in [2.24, 2.45) is 7.05 Å². The maximum atomic E-state index is 13.7. The van der Waals surface area contributed by atoms with Gasteiger partial charge in [-0.15, -0.1) is 0 Å². The zero-order valence-corrected chi connectivity index (χ0v) is 25.0. The molecule has 1 aliphatic rings. The van der Waals surface area contributed by atoms with Gasteiger partial charge in [-0.25, -0.2) is 14.6 Å². The Hall–Kier alpha value is -4.42. The Morgan fingerprint density at radius 1 is 1.12 bits per heavy atom. The van der Waals surface area contributed by atoms with Gasteiger partial charge >= 0.3 is 0 Å². The molecule has 1 aliphatic heterocycles. The number of aryl methyl sites for hydroxylation is 1. The molecule has 2 N–H and O–H groups in total. The van der Waals surface area contributed by atoms with E-state index in [1.54, 1.807) is 42.4 Å². The molecule has 0 radical (unpaired) electrons. The number of amides is 1. The Kier molecular flexibility index (Phi) is 7.33. The van der Waals surface area contributed by atoms with Gasteiger partial charge in [0.05, 0.1) is 40.6 Å². The second-order valence-corrected chi connectivity index (χ2v) is 11.2. The number of nitrogens with zero attached hydrogens (tertiary/aromatic N) is 7. The summed E-state index contributed by atoms with van der Waals surface area (Å²) < 4.78 is 6.15. The number of fused-ring (bicyclic) bond motifs is 2. The van der Waals surface area contributed by atoms with Gasteiger partial charge < -0.3 is 10.2 Å². The van der Waals surface area contributed by atoms with Crippen LogP contribution in [-0.4, -0.2) is 41.5 Å². The molecule has 0 bridgehead atoms. The second-order valence-electron chi connectivity index (χ2n) is 10.2. The van der Waals surface area contributed by atoms with E-state index in [2.05, 4.69) is 24.9 Å². The van der Waals surface area contributed by atoms with Crippen molar-refractivity contribution in [1.29, 1.82) is 0 Å². The van der Waals surface area contributed by atoms with Crippen LogP contribution in [0.1, 0.15) is 45.8 Å². The molecule has 5 aromatic rings. The summed E-state index contributed by atoms with van der Waals surface area (Å²) in [5.41, 5.74) is 5.88. The van der Waals surface area contributed by atoms with Gasteiger partial charge in [-0.3, -0.25) is 23.9 Å². The number of benzene rings is 1. The molecular weight excluding hydrogens is 574 g/mol. The van der Waals surface area contributed by atoms with Crippen molar-refractivity contribution in [1.82, 2.24) is 34.0 Å². The van der Waals surface area contributed by atoms with Crippen molar-refractivity contribution in [2.75, 3.05) is 16.5 Å². The maximum Gasteiger partial charge on any atom is 0.281 e. The summed E-state index contributed by atoms with van der Waals surface area (Å²) in [6.07, 6.45) is 7.24. The average molecular weight is 602 g/mol. The Bertz CT molecular complexity index is 1870. The van der Waals surface area contributed by atoms with Gasteiger partial charge in [0, 0.05) is 49.6 Å². The zero-order chi connectivity index (χ0) is 29.5. The lowest BCUT2D eigenvalue weighted by molar-refractivity contribution is 0.0980. The van der Waals surface area contributed by atoms with Crippen molar-refractivity contribution < 1.29 is 4.79 Å². The molecule has 1 unspecified atom stereocenters. The van der Waals surface area contributed by atoms with Crippen LogP contribution in [0.15, 0.2) is 59.8 Å². The molecule has 1 atom stereocenters. The summed E-state index contributed by atoms with van der Waals surface area (Å²) >= 11 is 7.28. The molecule has 42 heavy (non-hydrogen) atoms. The van der Waals surface area contributed by atoms with Gasteiger partial charge in [0.2, 0.25) is 5.95 Å². The van der Waals surface area contributed by atoms with Gasteiger partial charge in [0.1, 0.15) is 5.15 Å². The standard InChI is InChI=1S/C29H28ClN9O2S/c1-16-11-20(17(2)32-22-5-6-24(30)33-26(22)27(40)36-42-4)25-21(12-16)28(41)37(3)29(34-25)38-13-18-14-39(35-23(18)15-38)19-7-9-31-10-8-19/h5-12,14,17,32H,13,15H2,1-4H3,(H,36,40). The zero-order valence-electron chi connectivity index (χ0n) is 23.4. The van der Waals surface area contributed by atoms with Gasteiger partial charge in [-0.2, -0.15) is 5.10 Å². The van der Waals surface area contributed by atoms with Crippen LogP contribution >= 0.6 is 23.5 Å². The number of anilines is 2. The van der Waals surface area contributed by atoms with E-state index < -0.39 is 0 Å². The molecule has 0 aliphatic carbocycles. The topological polar surface area (TPSA) is 123 Å². The summed E-state index contributed by atoms with van der Waals surface area (Å²) in [5, 5.41) is 8.91. The molecule has 0 spiro atoms. The fraction of sp³-hybridized carbons (Fsp3) is 0.241. The molecule has 5 heterocycles. The Balaban J connectivity index is 1.36. The highest BCUT2D eigenvalue weighted by atomic mass is 35.5. The van der Waals surface area contributed by atoms with E-state index in [9.17, 15) is 9.59 Å². The lowest BCUT2D eigenvalue weighted by Gasteiger charge is -2.23. The molecule has 11 nitrogen and oxygen atoms in total. The third-order valence-electron chi connectivity index (χ3n) is 7.23. The third-order valence-corrected chi connectivity index (χ3v) is 7.83. The van der Waals surface area contributed by atoms with Crippen molar-refractivity contribution in [2.45, 2.75) is 33.0 Å². The Labute approximate surface area is 251 Å². The van der Waals surface area contributed by atoms with Gasteiger partial charge in [0.25, 0.3) is 11.5 Å². The van der Waals surface area contributed by atoms with E-state index in [4.69, 9.17) is 21.7 Å². The summed E-state index contributed by atoms with van der Waals surface area (Å²) in [6.45, 7) is 5.01. The van der Waals surface area contributed by atoms with Crippen LogP contribution in [0.2, 0.25) is 5.15 Å². The predicted octanol–water partition coefficient (Wildman–Crippen LogP) is 4.57. The molecule has 4 aromatic heterocycles. The fourth-order valence-corrected chi connectivity index (χ4v) is 5.68. The van der Waals surface area contributed by atoms with E-state index in [0.29, 0.717) is 35.6 Å². The molecule has 1 aromatic carbocycles. The number of carbonyl (C=O) groups is 1. The van der Waals surface area contributed by atoms with Crippen LogP contribution in [-0.2, 0) is 20.1 Å². The first-order chi connectivity index (χ1) is 20.2. The minimum atomic E-state index is -0.359. The highest BCUT2D eigenvalue weighted by Gasteiger charge is 2.27. The van der Waals surface area contributed by atoms with Crippen LogP contribution in [0.25, 0.3) is 16.6 Å². The van der Waals surface area contributed by atoms with Crippen LogP contribution in [0.5, 0.6) is 0 Å². The van der Waals surface area contributed by atoms with Crippen molar-refractivity contribution in [3.8, 4) is 5.69 Å². The van der Waals surface area contributed by atoms with Crippen LogP contribution in [0.4, 0.5) is 11.6 Å². The molecule has 13 heteroatoms. The third kappa shape index (κ3) is 5.07. The van der Waals surface area contributed by atoms with Crippen LogP contribution < -0.4 is 20.5 Å². The number of halogens is 1. The lowest BCUT2D eigenvalue weighted by Crippen LogP contribution is -2.29. The number of hydrogen-bond acceptors (Lipinski definition) is 9. The van der Waals surface area contributed by atoms with Crippen molar-refractivity contribution in [3.63, 3.8) is 0 Å². The Morgan fingerprint density at radius 2 is 1.90 bits per heavy atom. The molecule has 0 saturated heterocycles. The van der Waals surface area contributed by atoms with Gasteiger partial charge in [0.15, 0.2) is 5.69 Å². The molecule has 0 fully saturated rings. The van der Waals surface area contributed by atoms with E-state index in [0.717, 1.165) is 28.1 Å². The number of pyridine rings is 2. The first-order valence-corrected chi connectivity index (χ1v) is 14.8. The second kappa shape index (κ2) is 11.1. The summed E-state index contributed by atoms with van der Waals surface area (Å²) in [7, 11) is 1.75. The van der Waals surface area contributed by atoms with Gasteiger partial charge in [-0.05, 0) is 49.7 Å². The highest BCUT2D eigenvalue weighted by Crippen LogP contribution is 2.31. The van der Waals surface area contributed by atoms with Crippen molar-refractivity contribution in [3.05, 3.63) is 98.6 Å². The van der Waals surface area contributed by atoms with Crippen LogP contribution in [0.3, 0.4) is 0 Å². The Morgan fingerprint density at radius 3 is 2.64 bits per heavy atom. The van der Waals surface area contributed by atoms with E-state index in [1.807, 2.05) is 49.0 Å². The minimum Gasteiger partial charge on any atom is -0.377 e. The molecule has 0 saturated carbocycles. The van der Waals surface area contributed by atoms with E-state index in [-0.39, 0.29) is 28.4 Å². The van der Waals surface area contributed by atoms with E-state index >= 15 is 0 Å². The minimum absolute atomic E-state index is 0.133. The summed E-state index contributed by atoms with van der Waals surface area (Å²) in [5.74, 6) is 0.203. The smallest absolute Gasteiger partial charge is 0.281 e. The predicted molar refractivity (Wildman–Crippen MR) is 165 cm³/mol. The largest absolute Gasteiger partial charge is 0.377 e. The molecule has 6 rings (SSSR count).